The molecule has 10 aromatic carbocycles. The number of nitrogens with zero attached hydrogens (tertiary/aromatic N) is 3. The molecule has 0 spiro atoms. The molecule has 2 aromatic heterocycles. The van der Waals surface area contributed by atoms with Crippen LogP contribution in [0.15, 0.2) is 211 Å². The van der Waals surface area contributed by atoms with E-state index in [2.05, 4.69) is 206 Å². The lowest BCUT2D eigenvalue weighted by molar-refractivity contribution is 0.671. The summed E-state index contributed by atoms with van der Waals surface area (Å²) in [5, 5.41) is 6.82. The van der Waals surface area contributed by atoms with Gasteiger partial charge >= 0.3 is 0 Å². The van der Waals surface area contributed by atoms with E-state index in [0.717, 1.165) is 86.2 Å². The van der Waals surface area contributed by atoms with Crippen LogP contribution in [0, 0.1) is 0 Å². The number of fused-ring (bicyclic) bond motifs is 12. The van der Waals surface area contributed by atoms with Crippen molar-refractivity contribution in [3.63, 3.8) is 0 Å². The van der Waals surface area contributed by atoms with E-state index in [0.29, 0.717) is 17.5 Å². The third-order valence-electron chi connectivity index (χ3n) is 14.7. The lowest BCUT2D eigenvalue weighted by Gasteiger charge is -2.24. The van der Waals surface area contributed by atoms with Crippen molar-refractivity contribution in [3.8, 4) is 67.5 Å². The minimum atomic E-state index is -0.0323. The van der Waals surface area contributed by atoms with Gasteiger partial charge in [0.05, 0.1) is 0 Å². The summed E-state index contributed by atoms with van der Waals surface area (Å²) >= 11 is 0. The molecule has 0 saturated carbocycles. The fourth-order valence-corrected chi connectivity index (χ4v) is 11.5. The minimum Gasteiger partial charge on any atom is -0.455 e. The molecule has 1 atom stereocenters. The predicted octanol–water partition coefficient (Wildman–Crippen LogP) is 16.3. The number of furan rings is 1. The van der Waals surface area contributed by atoms with Crippen molar-refractivity contribution in [1.29, 1.82) is 0 Å². The van der Waals surface area contributed by atoms with Crippen LogP contribution >= 0.6 is 0 Å². The largest absolute Gasteiger partial charge is 0.455 e. The number of hydrogen-bond donors (Lipinski definition) is 0. The monoisotopic (exact) mass is 869 g/mol. The second-order valence-electron chi connectivity index (χ2n) is 18.5. The van der Waals surface area contributed by atoms with Crippen molar-refractivity contribution in [2.45, 2.75) is 31.6 Å². The summed E-state index contributed by atoms with van der Waals surface area (Å²) in [6.07, 6.45) is 3.83. The zero-order valence-corrected chi connectivity index (χ0v) is 37.3. The van der Waals surface area contributed by atoms with Crippen molar-refractivity contribution < 1.29 is 4.42 Å². The molecule has 4 nitrogen and oxygen atoms in total. The van der Waals surface area contributed by atoms with E-state index < -0.39 is 0 Å². The molecule has 4 heteroatoms. The number of aryl methyl sites for hydroxylation is 3. The first kappa shape index (κ1) is 38.8. The van der Waals surface area contributed by atoms with Crippen molar-refractivity contribution in [1.82, 2.24) is 15.0 Å². The van der Waals surface area contributed by atoms with Gasteiger partial charge in [-0.05, 0) is 127 Å². The predicted molar refractivity (Wildman–Crippen MR) is 279 cm³/mol. The van der Waals surface area contributed by atoms with Crippen LogP contribution in [-0.4, -0.2) is 15.0 Å². The second-order valence-corrected chi connectivity index (χ2v) is 18.5. The number of aromatic nitrogens is 3. The average Bonchev–Trinajstić information content (AvgIpc) is 3.73. The maximum Gasteiger partial charge on any atom is 0.165 e. The van der Waals surface area contributed by atoms with E-state index in [1.165, 1.54) is 60.8 Å². The van der Waals surface area contributed by atoms with Crippen LogP contribution in [0.4, 0.5) is 0 Å². The third kappa shape index (κ3) is 6.25. The van der Waals surface area contributed by atoms with Crippen LogP contribution in [0.2, 0.25) is 0 Å². The van der Waals surface area contributed by atoms with Crippen LogP contribution in [0.25, 0.3) is 111 Å². The molecule has 12 aromatic rings. The third-order valence-corrected chi connectivity index (χ3v) is 14.7. The van der Waals surface area contributed by atoms with Gasteiger partial charge in [0.25, 0.3) is 0 Å². The molecule has 2 heterocycles. The highest BCUT2D eigenvalue weighted by Gasteiger charge is 2.33. The summed E-state index contributed by atoms with van der Waals surface area (Å²) < 4.78 is 6.99. The zero-order valence-electron chi connectivity index (χ0n) is 37.3. The Morgan fingerprint density at radius 1 is 0.382 bits per heavy atom. The molecule has 320 valence electrons. The van der Waals surface area contributed by atoms with E-state index in [-0.39, 0.29) is 5.92 Å². The van der Waals surface area contributed by atoms with Crippen LogP contribution in [0.3, 0.4) is 0 Å². The Bertz CT molecular complexity index is 4000. The van der Waals surface area contributed by atoms with E-state index in [1.807, 2.05) is 0 Å². The molecule has 2 aliphatic rings. The first-order valence-corrected chi connectivity index (χ1v) is 23.8. The van der Waals surface area contributed by atoms with E-state index in [1.54, 1.807) is 0 Å². The molecular weight excluding hydrogens is 827 g/mol. The molecule has 0 N–H and O–H groups in total. The van der Waals surface area contributed by atoms with Gasteiger partial charge in [-0.3, -0.25) is 0 Å². The molecule has 0 aliphatic heterocycles. The molecule has 1 unspecified atom stereocenters. The summed E-state index contributed by atoms with van der Waals surface area (Å²) in [4.78, 5) is 16.7. The van der Waals surface area contributed by atoms with Crippen molar-refractivity contribution >= 4 is 43.5 Å². The number of rotatable bonds is 5. The van der Waals surface area contributed by atoms with E-state index >= 15 is 0 Å². The molecule has 68 heavy (non-hydrogen) atoms. The van der Waals surface area contributed by atoms with Crippen LogP contribution in [0.1, 0.15) is 40.2 Å². The Morgan fingerprint density at radius 3 is 1.85 bits per heavy atom. The van der Waals surface area contributed by atoms with Gasteiger partial charge in [-0.1, -0.05) is 182 Å². The minimum absolute atomic E-state index is 0.0323. The van der Waals surface area contributed by atoms with Gasteiger partial charge in [0.1, 0.15) is 11.2 Å². The van der Waals surface area contributed by atoms with E-state index in [4.69, 9.17) is 19.4 Å². The van der Waals surface area contributed by atoms with Crippen LogP contribution in [0.5, 0.6) is 0 Å². The molecule has 0 fully saturated rings. The van der Waals surface area contributed by atoms with Gasteiger partial charge in [0.2, 0.25) is 0 Å². The molecule has 0 bridgehead atoms. The molecule has 0 radical (unpaired) electrons. The summed E-state index contributed by atoms with van der Waals surface area (Å²) in [5.41, 5.74) is 18.6. The Balaban J connectivity index is 1.08. The Morgan fingerprint density at radius 2 is 1.00 bits per heavy atom. The Labute approximate surface area is 394 Å². The maximum absolute atomic E-state index is 6.99. The molecule has 0 saturated heterocycles. The number of benzene rings is 10. The van der Waals surface area contributed by atoms with E-state index in [9.17, 15) is 0 Å². The topological polar surface area (TPSA) is 51.8 Å². The molecule has 14 rings (SSSR count). The van der Waals surface area contributed by atoms with Crippen LogP contribution < -0.4 is 0 Å². The zero-order chi connectivity index (χ0) is 44.7. The number of hydrogen-bond acceptors (Lipinski definition) is 4. The fourth-order valence-electron chi connectivity index (χ4n) is 11.5. The second kappa shape index (κ2) is 15.6. The lowest BCUT2D eigenvalue weighted by atomic mass is 9.79. The number of para-hydroxylation sites is 1. The van der Waals surface area contributed by atoms with Crippen molar-refractivity contribution in [2.75, 3.05) is 0 Å². The smallest absolute Gasteiger partial charge is 0.165 e. The summed E-state index contributed by atoms with van der Waals surface area (Å²) in [5.74, 6) is 1.90. The van der Waals surface area contributed by atoms with Crippen molar-refractivity contribution in [3.05, 3.63) is 234 Å². The first-order chi connectivity index (χ1) is 33.7. The summed E-state index contributed by atoms with van der Waals surface area (Å²) in [6, 6.07) is 74.6. The molecule has 2 aliphatic carbocycles. The summed E-state index contributed by atoms with van der Waals surface area (Å²) in [7, 11) is 0. The van der Waals surface area contributed by atoms with Gasteiger partial charge < -0.3 is 4.42 Å². The van der Waals surface area contributed by atoms with Gasteiger partial charge in [-0.2, -0.15) is 0 Å². The van der Waals surface area contributed by atoms with Crippen LogP contribution in [-0.2, 0) is 19.3 Å². The Kier molecular flexibility index (Phi) is 8.88. The van der Waals surface area contributed by atoms with Gasteiger partial charge in [-0.15, -0.1) is 0 Å². The lowest BCUT2D eigenvalue weighted by Crippen LogP contribution is -2.09. The standard InChI is InChI=1S/C64H43N3O/c1-2-15-39(16-3-1)42-20-14-21-46(36-42)62-65-63(47-32-31-41-30-29-40-17-6-7-22-48(40)55(41)38-47)67-64(66-62)60-51-25-10-11-26-53(51)61-59(54-27-12-13-28-57(54)68-61)58(60)52-34-33-45-35-43-18-4-5-19-44(43)37-56(45)50-24-9-8-23-49(50)52/h1-28,31-32,35-38,52H,29-30,33-34H2. The first-order valence-electron chi connectivity index (χ1n) is 23.8. The van der Waals surface area contributed by atoms with Crippen molar-refractivity contribution in [2.24, 2.45) is 0 Å². The fraction of sp³-hybridized carbons (Fsp3) is 0.0781. The molecular formula is C64H43N3O. The summed E-state index contributed by atoms with van der Waals surface area (Å²) in [6.45, 7) is 0. The molecule has 0 amide bonds. The van der Waals surface area contributed by atoms with Gasteiger partial charge in [-0.25, -0.2) is 15.0 Å². The Hall–Kier alpha value is -8.47. The highest BCUT2D eigenvalue weighted by molar-refractivity contribution is 6.21. The average molecular weight is 870 g/mol. The van der Waals surface area contributed by atoms with Gasteiger partial charge in [0.15, 0.2) is 17.5 Å². The SMILES string of the molecule is c1ccc(-c2cccc(-c3nc(-c4ccc5c(c4)-c4ccccc4CC5)nc(-c4c(C5CCc6cc7ccccc7cc6-c6ccccc65)c5c6ccccc6oc5c5ccccc45)n3)c2)cc1. The maximum atomic E-state index is 6.99. The highest BCUT2D eigenvalue weighted by Crippen LogP contribution is 2.52. The highest BCUT2D eigenvalue weighted by atomic mass is 16.3. The normalized spacial score (nSPS) is 14.1. The quantitative estimate of drug-likeness (QED) is 0.173. The van der Waals surface area contributed by atoms with Gasteiger partial charge in [0, 0.05) is 38.8 Å².